The molecule has 0 radical (unpaired) electrons. The Kier molecular flexibility index (Phi) is 8.14. The smallest absolute Gasteiger partial charge is 0.223 e. The lowest BCUT2D eigenvalue weighted by Crippen LogP contribution is -2.33. The number of hydrogen-bond donors (Lipinski definition) is 0. The number of likely N-dealkylation sites (N-methyl/N-ethyl adjacent to an activating group) is 1. The van der Waals surface area contributed by atoms with Crippen molar-refractivity contribution >= 4 is 17.5 Å². The minimum Gasteiger partial charge on any atom is -0.380 e. The molecule has 0 aromatic carbocycles. The highest BCUT2D eigenvalue weighted by Gasteiger charge is 2.09. The molecule has 0 saturated heterocycles. The summed E-state index contributed by atoms with van der Waals surface area (Å²) < 4.78 is 5.17. The van der Waals surface area contributed by atoms with Crippen LogP contribution in [0.1, 0.15) is 20.3 Å². The fourth-order valence-corrected chi connectivity index (χ4v) is 1.18. The van der Waals surface area contributed by atoms with Crippen molar-refractivity contribution < 1.29 is 9.53 Å². The monoisotopic (exact) mass is 207 g/mol. The third-order valence-corrected chi connectivity index (χ3v) is 1.94. The quantitative estimate of drug-likeness (QED) is 0.468. The molecule has 0 atom stereocenters. The van der Waals surface area contributed by atoms with E-state index < -0.39 is 0 Å². The fraction of sp³-hybridized carbons (Fsp3) is 0.889. The lowest BCUT2D eigenvalue weighted by molar-refractivity contribution is -0.131. The lowest BCUT2D eigenvalue weighted by Gasteiger charge is -2.20. The number of carbonyl (C=O) groups excluding carboxylic acids is 1. The zero-order valence-corrected chi connectivity index (χ0v) is 9.14. The molecule has 13 heavy (non-hydrogen) atoms. The Morgan fingerprint density at radius 2 is 2.15 bits per heavy atom. The normalized spacial score (nSPS) is 10.1. The second-order valence-electron chi connectivity index (χ2n) is 2.61. The Morgan fingerprint density at radius 1 is 1.46 bits per heavy atom. The van der Waals surface area contributed by atoms with Crippen molar-refractivity contribution in [1.29, 1.82) is 0 Å². The Hall–Kier alpha value is -0.280. The first kappa shape index (κ1) is 12.7. The van der Waals surface area contributed by atoms with Gasteiger partial charge in [-0.3, -0.25) is 4.79 Å². The maximum atomic E-state index is 11.4. The number of rotatable bonds is 7. The minimum atomic E-state index is 0.109. The van der Waals surface area contributed by atoms with Crippen LogP contribution in [0.5, 0.6) is 0 Å². The van der Waals surface area contributed by atoms with Gasteiger partial charge in [-0.1, -0.05) is 0 Å². The molecule has 0 heterocycles. The van der Waals surface area contributed by atoms with Gasteiger partial charge in [0.1, 0.15) is 0 Å². The van der Waals surface area contributed by atoms with Crippen LogP contribution in [0.15, 0.2) is 0 Å². The Bertz CT molecular complexity index is 142. The van der Waals surface area contributed by atoms with Gasteiger partial charge in [-0.05, 0) is 13.8 Å². The van der Waals surface area contributed by atoms with Crippen molar-refractivity contribution in [2.45, 2.75) is 20.3 Å². The van der Waals surface area contributed by atoms with Crippen molar-refractivity contribution in [1.82, 2.24) is 4.90 Å². The van der Waals surface area contributed by atoms with Crippen molar-refractivity contribution in [2.75, 3.05) is 32.2 Å². The lowest BCUT2D eigenvalue weighted by atomic mass is 10.4. The largest absolute Gasteiger partial charge is 0.380 e. The molecule has 78 valence electrons. The molecule has 0 unspecified atom stereocenters. The predicted octanol–water partition coefficient (Wildman–Crippen LogP) is 1.50. The Labute approximate surface area is 85.0 Å². The molecule has 4 heteroatoms. The average molecular weight is 208 g/mol. The van der Waals surface area contributed by atoms with E-state index in [4.69, 9.17) is 16.3 Å². The summed E-state index contributed by atoms with van der Waals surface area (Å²) in [6, 6.07) is 0. The van der Waals surface area contributed by atoms with E-state index >= 15 is 0 Å². The molecule has 0 saturated carbocycles. The first-order valence-corrected chi connectivity index (χ1v) is 5.21. The van der Waals surface area contributed by atoms with Gasteiger partial charge in [0.15, 0.2) is 0 Å². The molecule has 3 nitrogen and oxygen atoms in total. The van der Waals surface area contributed by atoms with Gasteiger partial charge < -0.3 is 9.64 Å². The molecule has 0 aromatic heterocycles. The molecule has 0 N–H and O–H groups in total. The summed E-state index contributed by atoms with van der Waals surface area (Å²) in [6.07, 6.45) is 0.418. The first-order chi connectivity index (χ1) is 6.26. The van der Waals surface area contributed by atoms with E-state index in [9.17, 15) is 4.79 Å². The molecule has 0 aliphatic carbocycles. The number of halogens is 1. The fourth-order valence-electron chi connectivity index (χ4n) is 1.02. The molecular formula is C9H18ClNO2. The van der Waals surface area contributed by atoms with Gasteiger partial charge in [0, 0.05) is 32.0 Å². The highest BCUT2D eigenvalue weighted by molar-refractivity contribution is 6.18. The summed E-state index contributed by atoms with van der Waals surface area (Å²) in [7, 11) is 0. The van der Waals surface area contributed by atoms with E-state index in [1.54, 1.807) is 4.90 Å². The number of nitrogens with zero attached hydrogens (tertiary/aromatic N) is 1. The summed E-state index contributed by atoms with van der Waals surface area (Å²) in [4.78, 5) is 13.1. The van der Waals surface area contributed by atoms with E-state index in [0.29, 0.717) is 32.1 Å². The van der Waals surface area contributed by atoms with Crippen LogP contribution < -0.4 is 0 Å². The molecule has 0 spiro atoms. The predicted molar refractivity (Wildman–Crippen MR) is 54.1 cm³/mol. The van der Waals surface area contributed by atoms with Crippen molar-refractivity contribution in [2.24, 2.45) is 0 Å². The zero-order chi connectivity index (χ0) is 10.1. The summed E-state index contributed by atoms with van der Waals surface area (Å²) in [5, 5.41) is 0. The third kappa shape index (κ3) is 5.88. The van der Waals surface area contributed by atoms with Gasteiger partial charge in [0.2, 0.25) is 5.91 Å². The van der Waals surface area contributed by atoms with Crippen LogP contribution in [-0.4, -0.2) is 43.0 Å². The molecular weight excluding hydrogens is 190 g/mol. The topological polar surface area (TPSA) is 29.5 Å². The molecule has 0 aliphatic rings. The summed E-state index contributed by atoms with van der Waals surface area (Å²) in [5.41, 5.74) is 0. The second-order valence-corrected chi connectivity index (χ2v) is 2.99. The van der Waals surface area contributed by atoms with E-state index in [1.165, 1.54) is 0 Å². The van der Waals surface area contributed by atoms with Gasteiger partial charge in [0.05, 0.1) is 6.61 Å². The van der Waals surface area contributed by atoms with Crippen molar-refractivity contribution in [3.8, 4) is 0 Å². The SMILES string of the molecule is CCOCCN(CC)C(=O)CCCl. The van der Waals surface area contributed by atoms with Gasteiger partial charge in [-0.15, -0.1) is 11.6 Å². The molecule has 0 aromatic rings. The van der Waals surface area contributed by atoms with Crippen LogP contribution in [0.3, 0.4) is 0 Å². The van der Waals surface area contributed by atoms with Crippen LogP contribution in [0, 0.1) is 0 Å². The van der Waals surface area contributed by atoms with Gasteiger partial charge in [0.25, 0.3) is 0 Å². The standard InChI is InChI=1S/C9H18ClNO2/c1-3-11(7-8-13-4-2)9(12)5-6-10/h3-8H2,1-2H3. The number of ether oxygens (including phenoxy) is 1. The van der Waals surface area contributed by atoms with Crippen LogP contribution in [0.25, 0.3) is 0 Å². The van der Waals surface area contributed by atoms with Gasteiger partial charge in [-0.2, -0.15) is 0 Å². The first-order valence-electron chi connectivity index (χ1n) is 4.67. The number of carbonyl (C=O) groups is 1. The molecule has 0 fully saturated rings. The van der Waals surface area contributed by atoms with Crippen LogP contribution in [0.4, 0.5) is 0 Å². The second kappa shape index (κ2) is 8.32. The Morgan fingerprint density at radius 3 is 2.62 bits per heavy atom. The van der Waals surface area contributed by atoms with E-state index in [1.807, 2.05) is 13.8 Å². The zero-order valence-electron chi connectivity index (χ0n) is 8.38. The summed E-state index contributed by atoms with van der Waals surface area (Å²) >= 11 is 5.48. The van der Waals surface area contributed by atoms with Crippen LogP contribution >= 0.6 is 11.6 Å². The maximum Gasteiger partial charge on any atom is 0.223 e. The van der Waals surface area contributed by atoms with E-state index in [2.05, 4.69) is 0 Å². The number of hydrogen-bond acceptors (Lipinski definition) is 2. The van der Waals surface area contributed by atoms with E-state index in [-0.39, 0.29) is 5.91 Å². The third-order valence-electron chi connectivity index (χ3n) is 1.75. The summed E-state index contributed by atoms with van der Waals surface area (Å²) in [5.74, 6) is 0.501. The van der Waals surface area contributed by atoms with Crippen LogP contribution in [0.2, 0.25) is 0 Å². The highest BCUT2D eigenvalue weighted by Crippen LogP contribution is 1.96. The van der Waals surface area contributed by atoms with Crippen molar-refractivity contribution in [3.63, 3.8) is 0 Å². The Balaban J connectivity index is 3.67. The molecule has 0 bridgehead atoms. The van der Waals surface area contributed by atoms with Crippen molar-refractivity contribution in [3.05, 3.63) is 0 Å². The van der Waals surface area contributed by atoms with E-state index in [0.717, 1.165) is 6.54 Å². The highest BCUT2D eigenvalue weighted by atomic mass is 35.5. The van der Waals surface area contributed by atoms with Gasteiger partial charge >= 0.3 is 0 Å². The maximum absolute atomic E-state index is 11.4. The number of amides is 1. The number of alkyl halides is 1. The van der Waals surface area contributed by atoms with Gasteiger partial charge in [-0.25, -0.2) is 0 Å². The molecule has 0 rings (SSSR count). The average Bonchev–Trinajstić information content (AvgIpc) is 2.13. The summed E-state index contributed by atoms with van der Waals surface area (Å²) in [6.45, 7) is 6.59. The minimum absolute atomic E-state index is 0.109. The van der Waals surface area contributed by atoms with Crippen LogP contribution in [-0.2, 0) is 9.53 Å². The molecule has 1 amide bonds. The molecule has 0 aliphatic heterocycles.